The average molecular weight is 294 g/mol. The van der Waals surface area contributed by atoms with Crippen molar-refractivity contribution in [3.8, 4) is 0 Å². The quantitative estimate of drug-likeness (QED) is 0.802. The summed E-state index contributed by atoms with van der Waals surface area (Å²) < 4.78 is 5.41. The van der Waals surface area contributed by atoms with Crippen molar-refractivity contribution in [2.24, 2.45) is 4.99 Å². The number of hydrogen-bond donors (Lipinski definition) is 0. The second-order valence-corrected chi connectivity index (χ2v) is 5.74. The van der Waals surface area contributed by atoms with Gasteiger partial charge in [0.25, 0.3) is 0 Å². The van der Waals surface area contributed by atoms with Gasteiger partial charge < -0.3 is 9.64 Å². The molecule has 0 saturated carbocycles. The van der Waals surface area contributed by atoms with Crippen LogP contribution in [0.5, 0.6) is 0 Å². The van der Waals surface area contributed by atoms with Gasteiger partial charge in [0.05, 0.1) is 18.9 Å². The molecule has 3 nitrogen and oxygen atoms in total. The van der Waals surface area contributed by atoms with Gasteiger partial charge in [0, 0.05) is 25.0 Å². The molecule has 0 bridgehead atoms. The summed E-state index contributed by atoms with van der Waals surface area (Å²) in [5.41, 5.74) is 5.91. The highest BCUT2D eigenvalue weighted by molar-refractivity contribution is 5.84. The number of aryl methyl sites for hydroxylation is 2. The van der Waals surface area contributed by atoms with Crippen LogP contribution in [-0.4, -0.2) is 32.5 Å². The van der Waals surface area contributed by atoms with E-state index in [0.29, 0.717) is 0 Å². The van der Waals surface area contributed by atoms with Gasteiger partial charge in [-0.25, -0.2) is 0 Å². The molecule has 3 heteroatoms. The molecule has 1 aliphatic heterocycles. The predicted octanol–water partition coefficient (Wildman–Crippen LogP) is 3.89. The van der Waals surface area contributed by atoms with E-state index in [-0.39, 0.29) is 0 Å². The summed E-state index contributed by atoms with van der Waals surface area (Å²) in [5, 5.41) is 0. The highest BCUT2D eigenvalue weighted by Gasteiger charge is 2.11. The first-order valence-corrected chi connectivity index (χ1v) is 7.76. The first kappa shape index (κ1) is 14.8. The van der Waals surface area contributed by atoms with E-state index in [1.807, 2.05) is 18.3 Å². The second-order valence-electron chi connectivity index (χ2n) is 5.74. The van der Waals surface area contributed by atoms with E-state index < -0.39 is 0 Å². The van der Waals surface area contributed by atoms with Crippen molar-refractivity contribution in [2.75, 3.05) is 31.2 Å². The first-order valence-electron chi connectivity index (χ1n) is 7.76. The molecule has 0 aliphatic carbocycles. The summed E-state index contributed by atoms with van der Waals surface area (Å²) in [6.45, 7) is 7.79. The SMILES string of the molecule is Cc1cccc(N=Cc2ccc(N3CCOCC3)cc2C)c1. The Balaban J connectivity index is 1.77. The summed E-state index contributed by atoms with van der Waals surface area (Å²) in [5.74, 6) is 0. The number of anilines is 1. The number of hydrogen-bond acceptors (Lipinski definition) is 3. The Morgan fingerprint density at radius 1 is 1.05 bits per heavy atom. The molecule has 22 heavy (non-hydrogen) atoms. The monoisotopic (exact) mass is 294 g/mol. The van der Waals surface area contributed by atoms with Crippen LogP contribution in [0.25, 0.3) is 0 Å². The van der Waals surface area contributed by atoms with Crippen LogP contribution in [0, 0.1) is 13.8 Å². The lowest BCUT2D eigenvalue weighted by Gasteiger charge is -2.29. The number of morpholine rings is 1. The predicted molar refractivity (Wildman–Crippen MR) is 92.6 cm³/mol. The number of benzene rings is 2. The summed E-state index contributed by atoms with van der Waals surface area (Å²) in [4.78, 5) is 6.95. The van der Waals surface area contributed by atoms with E-state index in [2.05, 4.69) is 54.1 Å². The molecule has 0 amide bonds. The van der Waals surface area contributed by atoms with Crippen LogP contribution < -0.4 is 4.90 Å². The lowest BCUT2D eigenvalue weighted by Crippen LogP contribution is -2.36. The fourth-order valence-corrected chi connectivity index (χ4v) is 2.68. The highest BCUT2D eigenvalue weighted by Crippen LogP contribution is 2.20. The molecule has 2 aromatic rings. The molecule has 0 radical (unpaired) electrons. The smallest absolute Gasteiger partial charge is 0.0642 e. The van der Waals surface area contributed by atoms with Crippen molar-refractivity contribution in [3.05, 3.63) is 59.2 Å². The summed E-state index contributed by atoms with van der Waals surface area (Å²) in [7, 11) is 0. The molecule has 1 fully saturated rings. The summed E-state index contributed by atoms with van der Waals surface area (Å²) >= 11 is 0. The Labute approximate surface area is 132 Å². The molecule has 0 N–H and O–H groups in total. The molecule has 1 saturated heterocycles. The standard InChI is InChI=1S/C19H22N2O/c1-15-4-3-5-18(12-15)20-14-17-6-7-19(13-16(17)2)21-8-10-22-11-9-21/h3-7,12-14H,8-11H2,1-2H3. The van der Waals surface area contributed by atoms with Crippen LogP contribution in [0.4, 0.5) is 11.4 Å². The normalized spacial score (nSPS) is 15.5. The molecule has 0 aromatic heterocycles. The Morgan fingerprint density at radius 3 is 2.59 bits per heavy atom. The third-order valence-electron chi connectivity index (χ3n) is 3.98. The Kier molecular flexibility index (Phi) is 4.54. The number of aliphatic imine (C=N–C) groups is 1. The molecule has 1 heterocycles. The molecule has 1 aliphatic rings. The van der Waals surface area contributed by atoms with Crippen LogP contribution in [0.3, 0.4) is 0 Å². The summed E-state index contributed by atoms with van der Waals surface area (Å²) in [6, 6.07) is 14.8. The van der Waals surface area contributed by atoms with E-state index in [9.17, 15) is 0 Å². The molecule has 114 valence electrons. The van der Waals surface area contributed by atoms with Crippen molar-refractivity contribution < 1.29 is 4.74 Å². The van der Waals surface area contributed by atoms with E-state index in [0.717, 1.165) is 32.0 Å². The van der Waals surface area contributed by atoms with Gasteiger partial charge in [-0.2, -0.15) is 0 Å². The van der Waals surface area contributed by atoms with Gasteiger partial charge >= 0.3 is 0 Å². The lowest BCUT2D eigenvalue weighted by atomic mass is 10.1. The van der Waals surface area contributed by atoms with Crippen LogP contribution in [-0.2, 0) is 4.74 Å². The fraction of sp³-hybridized carbons (Fsp3) is 0.316. The minimum atomic E-state index is 0.815. The average Bonchev–Trinajstić information content (AvgIpc) is 2.54. The second kappa shape index (κ2) is 6.75. The van der Waals surface area contributed by atoms with Gasteiger partial charge in [0.15, 0.2) is 0 Å². The van der Waals surface area contributed by atoms with E-state index in [4.69, 9.17) is 4.74 Å². The number of nitrogens with zero attached hydrogens (tertiary/aromatic N) is 2. The molecular weight excluding hydrogens is 272 g/mol. The Morgan fingerprint density at radius 2 is 1.86 bits per heavy atom. The van der Waals surface area contributed by atoms with Crippen LogP contribution in [0.1, 0.15) is 16.7 Å². The van der Waals surface area contributed by atoms with Crippen LogP contribution in [0.2, 0.25) is 0 Å². The van der Waals surface area contributed by atoms with E-state index >= 15 is 0 Å². The molecule has 0 unspecified atom stereocenters. The third-order valence-corrected chi connectivity index (χ3v) is 3.98. The maximum absolute atomic E-state index is 5.41. The maximum atomic E-state index is 5.41. The van der Waals surface area contributed by atoms with E-state index in [1.54, 1.807) is 0 Å². The van der Waals surface area contributed by atoms with Crippen molar-refractivity contribution in [1.29, 1.82) is 0 Å². The van der Waals surface area contributed by atoms with Gasteiger partial charge in [0.2, 0.25) is 0 Å². The molecule has 0 spiro atoms. The summed E-state index contributed by atoms with van der Waals surface area (Å²) in [6.07, 6.45) is 1.95. The van der Waals surface area contributed by atoms with Crippen molar-refractivity contribution >= 4 is 17.6 Å². The topological polar surface area (TPSA) is 24.8 Å². The zero-order valence-corrected chi connectivity index (χ0v) is 13.2. The number of ether oxygens (including phenoxy) is 1. The molecule has 2 aromatic carbocycles. The maximum Gasteiger partial charge on any atom is 0.0642 e. The molecular formula is C19H22N2O. The van der Waals surface area contributed by atoms with Gasteiger partial charge in [-0.15, -0.1) is 0 Å². The minimum absolute atomic E-state index is 0.815. The van der Waals surface area contributed by atoms with Gasteiger partial charge in [-0.3, -0.25) is 4.99 Å². The molecule has 0 atom stereocenters. The van der Waals surface area contributed by atoms with Crippen molar-refractivity contribution in [1.82, 2.24) is 0 Å². The molecule has 3 rings (SSSR count). The van der Waals surface area contributed by atoms with Gasteiger partial charge in [0.1, 0.15) is 0 Å². The fourth-order valence-electron chi connectivity index (χ4n) is 2.68. The minimum Gasteiger partial charge on any atom is -0.378 e. The Bertz CT molecular complexity index is 673. The third kappa shape index (κ3) is 3.55. The van der Waals surface area contributed by atoms with Crippen molar-refractivity contribution in [3.63, 3.8) is 0 Å². The van der Waals surface area contributed by atoms with E-state index in [1.165, 1.54) is 22.4 Å². The highest BCUT2D eigenvalue weighted by atomic mass is 16.5. The van der Waals surface area contributed by atoms with Crippen LogP contribution in [0.15, 0.2) is 47.5 Å². The van der Waals surface area contributed by atoms with Crippen molar-refractivity contribution in [2.45, 2.75) is 13.8 Å². The zero-order chi connectivity index (χ0) is 15.4. The zero-order valence-electron chi connectivity index (χ0n) is 13.2. The van der Waals surface area contributed by atoms with Gasteiger partial charge in [-0.05, 0) is 54.8 Å². The largest absolute Gasteiger partial charge is 0.378 e. The number of rotatable bonds is 3. The van der Waals surface area contributed by atoms with Gasteiger partial charge in [-0.1, -0.05) is 18.2 Å². The lowest BCUT2D eigenvalue weighted by molar-refractivity contribution is 0.122. The van der Waals surface area contributed by atoms with Crippen LogP contribution >= 0.6 is 0 Å². The first-order chi connectivity index (χ1) is 10.7. The Hall–Kier alpha value is -2.13.